The monoisotopic (exact) mass is 308 g/mol. The van der Waals surface area contributed by atoms with Crippen LogP contribution in [0.4, 0.5) is 0 Å². The van der Waals surface area contributed by atoms with E-state index in [2.05, 4.69) is 47.9 Å². The fraction of sp³-hybridized carbons (Fsp3) is 0.167. The van der Waals surface area contributed by atoms with Gasteiger partial charge in [0.2, 0.25) is 0 Å². The van der Waals surface area contributed by atoms with Crippen molar-refractivity contribution in [3.63, 3.8) is 0 Å². The van der Waals surface area contributed by atoms with E-state index in [0.29, 0.717) is 6.61 Å². The first-order valence-corrected chi connectivity index (χ1v) is 8.18. The Kier molecular flexibility index (Phi) is 3.12. The molecule has 0 atom stereocenters. The fourth-order valence-corrected chi connectivity index (χ4v) is 3.74. The summed E-state index contributed by atoms with van der Waals surface area (Å²) in [4.78, 5) is 5.80. The van der Waals surface area contributed by atoms with E-state index in [-0.39, 0.29) is 0 Å². The van der Waals surface area contributed by atoms with Gasteiger partial charge in [0, 0.05) is 11.8 Å². The second kappa shape index (κ2) is 5.14. The molecule has 4 aromatic rings. The minimum absolute atomic E-state index is 0.685. The lowest BCUT2D eigenvalue weighted by Gasteiger charge is -2.03. The van der Waals surface area contributed by atoms with Crippen molar-refractivity contribution in [2.24, 2.45) is 0 Å². The van der Waals surface area contributed by atoms with Crippen LogP contribution in [-0.2, 0) is 0 Å². The van der Waals surface area contributed by atoms with Crippen LogP contribution in [-0.4, -0.2) is 16.0 Å². The highest BCUT2D eigenvalue weighted by atomic mass is 32.1. The highest BCUT2D eigenvalue weighted by Crippen LogP contribution is 2.30. The minimum atomic E-state index is 0.685. The first-order chi connectivity index (χ1) is 10.7. The van der Waals surface area contributed by atoms with Gasteiger partial charge in [0.25, 0.3) is 0 Å². The summed E-state index contributed by atoms with van der Waals surface area (Å²) in [5, 5.41) is 0. The molecule has 0 fully saturated rings. The van der Waals surface area contributed by atoms with E-state index >= 15 is 0 Å². The smallest absolute Gasteiger partial charge is 0.195 e. The number of fused-ring (bicyclic) bond motifs is 3. The summed E-state index contributed by atoms with van der Waals surface area (Å²) in [6.07, 6.45) is 2.11. The number of rotatable bonds is 3. The lowest BCUT2D eigenvalue weighted by atomic mass is 10.1. The molecule has 0 aliphatic carbocycles. The molecule has 0 aliphatic rings. The predicted octanol–water partition coefficient (Wildman–Crippen LogP) is 4.92. The van der Waals surface area contributed by atoms with E-state index < -0.39 is 0 Å². The Morgan fingerprint density at radius 2 is 1.95 bits per heavy atom. The van der Waals surface area contributed by atoms with Crippen molar-refractivity contribution in [2.75, 3.05) is 6.61 Å². The number of hydrogen-bond acceptors (Lipinski definition) is 3. The van der Waals surface area contributed by atoms with Crippen LogP contribution < -0.4 is 4.74 Å². The maximum absolute atomic E-state index is 5.49. The molecule has 0 radical (unpaired) electrons. The molecule has 0 spiro atoms. The number of aryl methyl sites for hydroxylation is 1. The van der Waals surface area contributed by atoms with E-state index in [9.17, 15) is 0 Å². The molecule has 2 heterocycles. The zero-order valence-electron chi connectivity index (χ0n) is 12.5. The Bertz CT molecular complexity index is 950. The maximum Gasteiger partial charge on any atom is 0.195 e. The Morgan fingerprint density at radius 3 is 2.73 bits per heavy atom. The van der Waals surface area contributed by atoms with Crippen LogP contribution in [0.1, 0.15) is 12.5 Å². The average Bonchev–Trinajstić information content (AvgIpc) is 3.05. The molecule has 0 aliphatic heterocycles. The number of nitrogens with zero attached hydrogens (tertiary/aromatic N) is 2. The van der Waals surface area contributed by atoms with Crippen molar-refractivity contribution in [3.05, 3.63) is 54.2 Å². The fourth-order valence-electron chi connectivity index (χ4n) is 2.64. The Balaban J connectivity index is 1.79. The molecule has 4 rings (SSSR count). The second-order valence-corrected chi connectivity index (χ2v) is 6.32. The van der Waals surface area contributed by atoms with Crippen LogP contribution in [0.5, 0.6) is 5.75 Å². The van der Waals surface area contributed by atoms with Crippen LogP contribution >= 0.6 is 11.3 Å². The zero-order chi connectivity index (χ0) is 15.1. The van der Waals surface area contributed by atoms with Gasteiger partial charge in [-0.25, -0.2) is 4.98 Å². The zero-order valence-corrected chi connectivity index (χ0v) is 13.4. The molecule has 0 bridgehead atoms. The summed E-state index contributed by atoms with van der Waals surface area (Å²) in [5.41, 5.74) is 4.61. The van der Waals surface area contributed by atoms with Gasteiger partial charge in [0.15, 0.2) is 4.96 Å². The van der Waals surface area contributed by atoms with Crippen molar-refractivity contribution >= 4 is 26.5 Å². The number of ether oxygens (including phenoxy) is 1. The van der Waals surface area contributed by atoms with E-state index in [0.717, 1.165) is 22.0 Å². The summed E-state index contributed by atoms with van der Waals surface area (Å²) in [6.45, 7) is 4.79. The van der Waals surface area contributed by atoms with Gasteiger partial charge in [0.1, 0.15) is 5.75 Å². The molecule has 2 aromatic heterocycles. The van der Waals surface area contributed by atoms with Gasteiger partial charge in [-0.15, -0.1) is 0 Å². The van der Waals surface area contributed by atoms with Gasteiger partial charge in [-0.1, -0.05) is 17.4 Å². The molecule has 0 saturated carbocycles. The quantitative estimate of drug-likeness (QED) is 0.537. The summed E-state index contributed by atoms with van der Waals surface area (Å²) in [6, 6.07) is 14.6. The molecule has 0 saturated heterocycles. The molecule has 3 nitrogen and oxygen atoms in total. The normalized spacial score (nSPS) is 11.4. The summed E-state index contributed by atoms with van der Waals surface area (Å²) in [7, 11) is 0. The number of imidazole rings is 1. The van der Waals surface area contributed by atoms with Gasteiger partial charge in [-0.2, -0.15) is 0 Å². The summed E-state index contributed by atoms with van der Waals surface area (Å²) < 4.78 is 8.94. The third kappa shape index (κ3) is 2.16. The van der Waals surface area contributed by atoms with Crippen LogP contribution in [0, 0.1) is 6.92 Å². The molecule has 110 valence electrons. The Hall–Kier alpha value is -2.33. The summed E-state index contributed by atoms with van der Waals surface area (Å²) in [5.74, 6) is 0.896. The number of aromatic nitrogens is 2. The van der Waals surface area contributed by atoms with E-state index in [1.54, 1.807) is 11.3 Å². The lowest BCUT2D eigenvalue weighted by Crippen LogP contribution is -1.90. The van der Waals surface area contributed by atoms with Crippen LogP contribution in [0.2, 0.25) is 0 Å². The number of hydrogen-bond donors (Lipinski definition) is 0. The molecule has 0 unspecified atom stereocenters. The van der Waals surface area contributed by atoms with Gasteiger partial charge in [-0.05, 0) is 55.8 Å². The molecule has 2 aromatic carbocycles. The molecule has 4 heteroatoms. The van der Waals surface area contributed by atoms with Crippen LogP contribution in [0.15, 0.2) is 48.7 Å². The van der Waals surface area contributed by atoms with Crippen molar-refractivity contribution in [1.29, 1.82) is 0 Å². The lowest BCUT2D eigenvalue weighted by molar-refractivity contribution is 0.340. The third-order valence-corrected chi connectivity index (χ3v) is 4.73. The largest absolute Gasteiger partial charge is 0.494 e. The highest BCUT2D eigenvalue weighted by Gasteiger charge is 2.10. The second-order valence-electron chi connectivity index (χ2n) is 5.31. The molecule has 22 heavy (non-hydrogen) atoms. The van der Waals surface area contributed by atoms with Gasteiger partial charge >= 0.3 is 0 Å². The van der Waals surface area contributed by atoms with Crippen molar-refractivity contribution in [2.45, 2.75) is 13.8 Å². The Morgan fingerprint density at radius 1 is 1.14 bits per heavy atom. The minimum Gasteiger partial charge on any atom is -0.494 e. The van der Waals surface area contributed by atoms with E-state index in [1.165, 1.54) is 15.8 Å². The van der Waals surface area contributed by atoms with Gasteiger partial charge in [-0.3, -0.25) is 4.40 Å². The average molecular weight is 308 g/mol. The number of benzene rings is 2. The number of thiazole rings is 1. The first-order valence-electron chi connectivity index (χ1n) is 7.36. The predicted molar refractivity (Wildman–Crippen MR) is 91.9 cm³/mol. The molecular weight excluding hydrogens is 292 g/mol. The van der Waals surface area contributed by atoms with Gasteiger partial charge < -0.3 is 4.74 Å². The first kappa shape index (κ1) is 13.3. The standard InChI is InChI=1S/C18H16N2OS/c1-3-21-14-7-5-13(6-8-14)15-11-20-16-9-4-12(2)10-17(16)22-18(20)19-15/h4-11H,3H2,1-2H3. The van der Waals surface area contributed by atoms with Crippen molar-refractivity contribution < 1.29 is 4.74 Å². The Labute approximate surface area is 132 Å². The van der Waals surface area contributed by atoms with Crippen LogP contribution in [0.25, 0.3) is 26.4 Å². The van der Waals surface area contributed by atoms with E-state index in [1.807, 2.05) is 19.1 Å². The highest BCUT2D eigenvalue weighted by molar-refractivity contribution is 7.23. The van der Waals surface area contributed by atoms with Crippen molar-refractivity contribution in [3.8, 4) is 17.0 Å². The molecular formula is C18H16N2OS. The molecule has 0 N–H and O–H groups in total. The maximum atomic E-state index is 5.49. The summed E-state index contributed by atoms with van der Waals surface area (Å²) >= 11 is 1.73. The van der Waals surface area contributed by atoms with E-state index in [4.69, 9.17) is 9.72 Å². The SMILES string of the molecule is CCOc1ccc(-c2cn3c(n2)sc2cc(C)ccc23)cc1. The topological polar surface area (TPSA) is 26.5 Å². The third-order valence-electron chi connectivity index (χ3n) is 3.71. The van der Waals surface area contributed by atoms with Gasteiger partial charge in [0.05, 0.1) is 22.5 Å². The van der Waals surface area contributed by atoms with Crippen LogP contribution in [0.3, 0.4) is 0 Å². The molecule has 0 amide bonds. The van der Waals surface area contributed by atoms with Crippen molar-refractivity contribution in [1.82, 2.24) is 9.38 Å².